The molecule has 1 fully saturated rings. The first-order chi connectivity index (χ1) is 10.2. The zero-order chi connectivity index (χ0) is 15.1. The fraction of sp³-hybridized carbons (Fsp3) is 0.750. The van der Waals surface area contributed by atoms with Gasteiger partial charge in [-0.2, -0.15) is 15.0 Å². The molecule has 1 aliphatic heterocycles. The lowest BCUT2D eigenvalue weighted by Gasteiger charge is -2.25. The van der Waals surface area contributed by atoms with Gasteiger partial charge in [-0.3, -0.25) is 5.43 Å². The number of rotatable bonds is 8. The fourth-order valence-electron chi connectivity index (χ4n) is 1.96. The Labute approximate surface area is 123 Å². The van der Waals surface area contributed by atoms with Crippen molar-refractivity contribution in [2.45, 2.75) is 25.4 Å². The van der Waals surface area contributed by atoms with Crippen molar-refractivity contribution in [1.29, 1.82) is 0 Å². The Morgan fingerprint density at radius 1 is 1.33 bits per heavy atom. The maximum atomic E-state index is 5.54. The van der Waals surface area contributed by atoms with Crippen molar-refractivity contribution in [2.24, 2.45) is 5.84 Å². The summed E-state index contributed by atoms with van der Waals surface area (Å²) in [6.45, 7) is 4.30. The first kappa shape index (κ1) is 15.7. The van der Waals surface area contributed by atoms with Crippen LogP contribution in [0.5, 0.6) is 6.01 Å². The summed E-state index contributed by atoms with van der Waals surface area (Å²) in [5, 5.41) is 3.13. The minimum absolute atomic E-state index is 0.233. The maximum Gasteiger partial charge on any atom is 0.323 e. The van der Waals surface area contributed by atoms with Crippen LogP contribution in [-0.4, -0.2) is 54.0 Å². The van der Waals surface area contributed by atoms with Gasteiger partial charge in [0.15, 0.2) is 0 Å². The molecule has 0 spiro atoms. The van der Waals surface area contributed by atoms with E-state index < -0.39 is 0 Å². The molecule has 118 valence electrons. The van der Waals surface area contributed by atoms with Crippen LogP contribution in [0.4, 0.5) is 11.9 Å². The number of ether oxygens (including phenoxy) is 3. The average molecular weight is 298 g/mol. The number of nitrogen functional groups attached to an aromatic ring is 1. The molecule has 21 heavy (non-hydrogen) atoms. The minimum Gasteiger partial charge on any atom is -0.463 e. The first-order valence-corrected chi connectivity index (χ1v) is 6.93. The van der Waals surface area contributed by atoms with E-state index in [-0.39, 0.29) is 17.6 Å². The van der Waals surface area contributed by atoms with Gasteiger partial charge in [-0.1, -0.05) is 6.92 Å². The van der Waals surface area contributed by atoms with Crippen LogP contribution >= 0.6 is 0 Å². The summed E-state index contributed by atoms with van der Waals surface area (Å²) in [7, 11) is 1.67. The predicted molar refractivity (Wildman–Crippen MR) is 77.1 cm³/mol. The van der Waals surface area contributed by atoms with Crippen LogP contribution in [0.25, 0.3) is 0 Å². The van der Waals surface area contributed by atoms with Crippen LogP contribution in [0, 0.1) is 0 Å². The number of methoxy groups -OCH3 is 1. The van der Waals surface area contributed by atoms with Crippen molar-refractivity contribution < 1.29 is 14.2 Å². The Hall–Kier alpha value is -1.71. The molecule has 2 rings (SSSR count). The van der Waals surface area contributed by atoms with E-state index in [4.69, 9.17) is 20.1 Å². The summed E-state index contributed by atoms with van der Waals surface area (Å²) in [5.41, 5.74) is 2.04. The molecule has 1 atom stereocenters. The summed E-state index contributed by atoms with van der Waals surface area (Å²) >= 11 is 0. The van der Waals surface area contributed by atoms with Crippen molar-refractivity contribution in [3.8, 4) is 6.01 Å². The molecule has 0 radical (unpaired) electrons. The summed E-state index contributed by atoms with van der Waals surface area (Å²) in [5.74, 6) is 5.98. The molecule has 0 aromatic carbocycles. The number of aromatic nitrogens is 3. The van der Waals surface area contributed by atoms with Gasteiger partial charge >= 0.3 is 6.01 Å². The Bertz CT molecular complexity index is 453. The van der Waals surface area contributed by atoms with E-state index in [1.54, 1.807) is 7.11 Å². The van der Waals surface area contributed by atoms with E-state index in [1.807, 2.05) is 6.92 Å². The molecular weight excluding hydrogens is 276 g/mol. The second kappa shape index (κ2) is 7.34. The molecule has 1 saturated heterocycles. The molecule has 0 bridgehead atoms. The molecule has 1 aromatic heterocycles. The molecule has 9 nitrogen and oxygen atoms in total. The van der Waals surface area contributed by atoms with Gasteiger partial charge in [0.1, 0.15) is 5.60 Å². The summed E-state index contributed by atoms with van der Waals surface area (Å²) in [6.07, 6.45) is 1.69. The van der Waals surface area contributed by atoms with Crippen molar-refractivity contribution in [3.05, 3.63) is 0 Å². The number of nitrogens with two attached hydrogens (primary N) is 1. The van der Waals surface area contributed by atoms with E-state index in [0.29, 0.717) is 32.3 Å². The number of nitrogens with zero attached hydrogens (tertiary/aromatic N) is 3. The molecule has 0 saturated carbocycles. The number of nitrogens with one attached hydrogen (secondary N) is 2. The van der Waals surface area contributed by atoms with Crippen molar-refractivity contribution in [1.82, 2.24) is 15.0 Å². The third-order valence-electron chi connectivity index (χ3n) is 3.25. The van der Waals surface area contributed by atoms with Gasteiger partial charge in [0, 0.05) is 26.7 Å². The lowest BCUT2D eigenvalue weighted by atomic mass is 10.0. The third-order valence-corrected chi connectivity index (χ3v) is 3.25. The highest BCUT2D eigenvalue weighted by molar-refractivity contribution is 5.35. The molecule has 1 aromatic rings. The fourth-order valence-corrected chi connectivity index (χ4v) is 1.96. The second-order valence-electron chi connectivity index (χ2n) is 4.80. The lowest BCUT2D eigenvalue weighted by Crippen LogP contribution is -2.40. The normalized spacial score (nSPS) is 21.3. The van der Waals surface area contributed by atoms with Gasteiger partial charge in [-0.05, 0) is 6.42 Å². The molecular formula is C12H22N6O3. The van der Waals surface area contributed by atoms with Gasteiger partial charge < -0.3 is 19.5 Å². The van der Waals surface area contributed by atoms with Crippen molar-refractivity contribution in [2.75, 3.05) is 44.2 Å². The van der Waals surface area contributed by atoms with E-state index >= 15 is 0 Å². The quantitative estimate of drug-likeness (QED) is 0.456. The monoisotopic (exact) mass is 298 g/mol. The molecule has 0 aliphatic carbocycles. The summed E-state index contributed by atoms with van der Waals surface area (Å²) in [6, 6.07) is 0.233. The summed E-state index contributed by atoms with van der Waals surface area (Å²) < 4.78 is 16.3. The van der Waals surface area contributed by atoms with E-state index in [2.05, 4.69) is 25.7 Å². The van der Waals surface area contributed by atoms with Gasteiger partial charge in [0.2, 0.25) is 11.9 Å². The van der Waals surface area contributed by atoms with Crippen LogP contribution in [0.15, 0.2) is 0 Å². The second-order valence-corrected chi connectivity index (χ2v) is 4.80. The van der Waals surface area contributed by atoms with Gasteiger partial charge in [-0.25, -0.2) is 5.84 Å². The zero-order valence-electron chi connectivity index (χ0n) is 12.4. The predicted octanol–water partition coefficient (Wildman–Crippen LogP) is 0.163. The molecule has 1 unspecified atom stereocenters. The highest BCUT2D eigenvalue weighted by atomic mass is 16.5. The standard InChI is InChI=1S/C12H22N6O3/c1-3-5-21-11-16-9(15-10(17-11)18-13)14-7-12(19-2)4-6-20-8-12/h3-8,13H2,1-2H3,(H2,14,15,16,17,18). The van der Waals surface area contributed by atoms with Gasteiger partial charge in [-0.15, -0.1) is 0 Å². The van der Waals surface area contributed by atoms with Crippen LogP contribution < -0.4 is 21.3 Å². The van der Waals surface area contributed by atoms with Crippen molar-refractivity contribution >= 4 is 11.9 Å². The third kappa shape index (κ3) is 4.13. The highest BCUT2D eigenvalue weighted by Gasteiger charge is 2.35. The van der Waals surface area contributed by atoms with Crippen molar-refractivity contribution in [3.63, 3.8) is 0 Å². The zero-order valence-corrected chi connectivity index (χ0v) is 12.4. The Morgan fingerprint density at radius 3 is 2.76 bits per heavy atom. The van der Waals surface area contributed by atoms with Gasteiger partial charge in [0.05, 0.1) is 13.2 Å². The molecule has 1 aliphatic rings. The average Bonchev–Trinajstić information content (AvgIpc) is 3.00. The number of hydrogen-bond donors (Lipinski definition) is 3. The molecule has 2 heterocycles. The number of hydrazine groups is 1. The maximum absolute atomic E-state index is 5.54. The van der Waals surface area contributed by atoms with Crippen LogP contribution in [0.2, 0.25) is 0 Å². The van der Waals surface area contributed by atoms with Gasteiger partial charge in [0.25, 0.3) is 0 Å². The van der Waals surface area contributed by atoms with E-state index in [0.717, 1.165) is 12.8 Å². The molecule has 9 heteroatoms. The summed E-state index contributed by atoms with van der Waals surface area (Å²) in [4.78, 5) is 12.4. The number of hydrogen-bond acceptors (Lipinski definition) is 9. The van der Waals surface area contributed by atoms with Crippen LogP contribution in [0.3, 0.4) is 0 Å². The van der Waals surface area contributed by atoms with Crippen LogP contribution in [0.1, 0.15) is 19.8 Å². The Balaban J connectivity index is 2.04. The van der Waals surface area contributed by atoms with Crippen LogP contribution in [-0.2, 0) is 9.47 Å². The Morgan fingerprint density at radius 2 is 2.14 bits per heavy atom. The SMILES string of the molecule is CCCOc1nc(NN)nc(NCC2(OC)CCOC2)n1. The van der Waals surface area contributed by atoms with E-state index in [9.17, 15) is 0 Å². The Kier molecular flexibility index (Phi) is 5.48. The largest absolute Gasteiger partial charge is 0.463 e. The topological polar surface area (TPSA) is 116 Å². The smallest absolute Gasteiger partial charge is 0.323 e. The molecule has 0 amide bonds. The lowest BCUT2D eigenvalue weighted by molar-refractivity contribution is -0.00632. The molecule has 4 N–H and O–H groups in total. The van der Waals surface area contributed by atoms with E-state index in [1.165, 1.54) is 0 Å². The first-order valence-electron chi connectivity index (χ1n) is 6.93. The highest BCUT2D eigenvalue weighted by Crippen LogP contribution is 2.23. The number of anilines is 2. The minimum atomic E-state index is -0.354.